The van der Waals surface area contributed by atoms with Crippen molar-refractivity contribution in [3.63, 3.8) is 0 Å². The highest BCUT2D eigenvalue weighted by Crippen LogP contribution is 2.17. The molecular weight excluding hydrogens is 354 g/mol. The van der Waals surface area contributed by atoms with Crippen LogP contribution in [0, 0.1) is 13.8 Å². The first-order valence-corrected chi connectivity index (χ1v) is 9.34. The van der Waals surface area contributed by atoms with Gasteiger partial charge in [0.1, 0.15) is 12.4 Å². The molecule has 146 valence electrons. The van der Waals surface area contributed by atoms with Gasteiger partial charge in [-0.15, -0.1) is 0 Å². The molecule has 0 saturated carbocycles. The maximum atomic E-state index is 12.3. The summed E-state index contributed by atoms with van der Waals surface area (Å²) in [6.07, 6.45) is 0.734. The SMILES string of the molecule is Cc1ccc(OCCN(C)C(=O)CCc2nc(-c3ccc(C)cc3)no2)cc1. The molecule has 2 aromatic carbocycles. The molecule has 0 radical (unpaired) electrons. The summed E-state index contributed by atoms with van der Waals surface area (Å²) in [7, 11) is 1.77. The standard InChI is InChI=1S/C22H25N3O3/c1-16-4-8-18(9-5-16)22-23-20(28-24-22)12-13-21(26)25(3)14-15-27-19-10-6-17(2)7-11-19/h4-11H,12-15H2,1-3H3. The van der Waals surface area contributed by atoms with Crippen molar-refractivity contribution in [3.8, 4) is 17.1 Å². The van der Waals surface area contributed by atoms with Crippen molar-refractivity contribution in [1.29, 1.82) is 0 Å². The zero-order valence-electron chi connectivity index (χ0n) is 16.5. The first kappa shape index (κ1) is 19.6. The summed E-state index contributed by atoms with van der Waals surface area (Å²) < 4.78 is 10.9. The van der Waals surface area contributed by atoms with Gasteiger partial charge in [-0.2, -0.15) is 4.98 Å². The van der Waals surface area contributed by atoms with Gasteiger partial charge in [0.15, 0.2) is 0 Å². The maximum Gasteiger partial charge on any atom is 0.227 e. The van der Waals surface area contributed by atoms with Crippen molar-refractivity contribution >= 4 is 5.91 Å². The molecule has 0 N–H and O–H groups in total. The van der Waals surface area contributed by atoms with E-state index in [1.165, 1.54) is 11.1 Å². The minimum absolute atomic E-state index is 0.0163. The molecule has 3 rings (SSSR count). The molecule has 6 nitrogen and oxygen atoms in total. The first-order valence-electron chi connectivity index (χ1n) is 9.34. The van der Waals surface area contributed by atoms with Crippen LogP contribution in [0.1, 0.15) is 23.4 Å². The number of ether oxygens (including phenoxy) is 1. The Labute approximate surface area is 165 Å². The van der Waals surface area contributed by atoms with Crippen molar-refractivity contribution in [2.45, 2.75) is 26.7 Å². The number of amides is 1. The Bertz CT molecular complexity index is 902. The van der Waals surface area contributed by atoms with E-state index >= 15 is 0 Å². The molecule has 0 fully saturated rings. The maximum absolute atomic E-state index is 12.3. The van der Waals surface area contributed by atoms with Crippen molar-refractivity contribution < 1.29 is 14.1 Å². The summed E-state index contributed by atoms with van der Waals surface area (Å²) >= 11 is 0. The number of likely N-dealkylation sites (N-methyl/N-ethyl adjacent to an activating group) is 1. The predicted molar refractivity (Wildman–Crippen MR) is 107 cm³/mol. The highest BCUT2D eigenvalue weighted by atomic mass is 16.5. The number of hydrogen-bond acceptors (Lipinski definition) is 5. The third kappa shape index (κ3) is 5.42. The minimum Gasteiger partial charge on any atom is -0.492 e. The normalized spacial score (nSPS) is 10.7. The van der Waals surface area contributed by atoms with Crippen LogP contribution in [0.3, 0.4) is 0 Å². The summed E-state index contributed by atoms with van der Waals surface area (Å²) in [5, 5.41) is 4.00. The van der Waals surface area contributed by atoms with Crippen LogP contribution in [-0.4, -0.2) is 41.1 Å². The topological polar surface area (TPSA) is 68.5 Å². The van der Waals surface area contributed by atoms with Gasteiger partial charge >= 0.3 is 0 Å². The van der Waals surface area contributed by atoms with E-state index in [-0.39, 0.29) is 5.91 Å². The van der Waals surface area contributed by atoms with Gasteiger partial charge in [0, 0.05) is 25.5 Å². The zero-order valence-corrected chi connectivity index (χ0v) is 16.5. The first-order chi connectivity index (χ1) is 13.5. The van der Waals surface area contributed by atoms with Gasteiger partial charge in [-0.05, 0) is 26.0 Å². The van der Waals surface area contributed by atoms with Crippen molar-refractivity contribution in [2.75, 3.05) is 20.2 Å². The highest BCUT2D eigenvalue weighted by molar-refractivity contribution is 5.76. The summed E-state index contributed by atoms with van der Waals surface area (Å²) in [6, 6.07) is 15.8. The molecule has 0 spiro atoms. The summed E-state index contributed by atoms with van der Waals surface area (Å²) in [5.74, 6) is 1.83. The fraction of sp³-hybridized carbons (Fsp3) is 0.318. The van der Waals surface area contributed by atoms with E-state index in [0.717, 1.165) is 11.3 Å². The Balaban J connectivity index is 1.43. The smallest absolute Gasteiger partial charge is 0.227 e. The van der Waals surface area contributed by atoms with Crippen LogP contribution in [0.2, 0.25) is 0 Å². The number of hydrogen-bond donors (Lipinski definition) is 0. The molecule has 0 aliphatic rings. The van der Waals surface area contributed by atoms with Crippen LogP contribution in [0.4, 0.5) is 0 Å². The predicted octanol–water partition coefficient (Wildman–Crippen LogP) is 3.82. The molecule has 1 aromatic heterocycles. The molecule has 1 amide bonds. The summed E-state index contributed by atoms with van der Waals surface area (Å²) in [4.78, 5) is 18.3. The Morgan fingerprint density at radius 1 is 1.04 bits per heavy atom. The second kappa shape index (κ2) is 9.17. The van der Waals surface area contributed by atoms with Gasteiger partial charge in [-0.25, -0.2) is 0 Å². The van der Waals surface area contributed by atoms with E-state index in [1.54, 1.807) is 11.9 Å². The summed E-state index contributed by atoms with van der Waals surface area (Å²) in [5.41, 5.74) is 3.26. The largest absolute Gasteiger partial charge is 0.492 e. The fourth-order valence-electron chi connectivity index (χ4n) is 2.64. The van der Waals surface area contributed by atoms with E-state index in [1.807, 2.05) is 62.4 Å². The molecule has 0 bridgehead atoms. The van der Waals surface area contributed by atoms with E-state index < -0.39 is 0 Å². The summed E-state index contributed by atoms with van der Waals surface area (Å²) in [6.45, 7) is 5.03. The third-order valence-corrected chi connectivity index (χ3v) is 4.47. The third-order valence-electron chi connectivity index (χ3n) is 4.47. The van der Waals surface area contributed by atoms with Gasteiger partial charge in [-0.1, -0.05) is 52.7 Å². The van der Waals surface area contributed by atoms with Gasteiger partial charge in [0.2, 0.25) is 17.6 Å². The van der Waals surface area contributed by atoms with Gasteiger partial charge < -0.3 is 14.2 Å². The lowest BCUT2D eigenvalue weighted by Gasteiger charge is -2.17. The number of carbonyl (C=O) groups is 1. The van der Waals surface area contributed by atoms with E-state index in [0.29, 0.717) is 37.7 Å². The van der Waals surface area contributed by atoms with E-state index in [2.05, 4.69) is 10.1 Å². The Morgan fingerprint density at radius 2 is 1.68 bits per heavy atom. The van der Waals surface area contributed by atoms with E-state index in [4.69, 9.17) is 9.26 Å². The Morgan fingerprint density at radius 3 is 2.36 bits per heavy atom. The second-order valence-electron chi connectivity index (χ2n) is 6.85. The van der Waals surface area contributed by atoms with Crippen LogP contribution >= 0.6 is 0 Å². The van der Waals surface area contributed by atoms with E-state index in [9.17, 15) is 4.79 Å². The van der Waals surface area contributed by atoms with Gasteiger partial charge in [-0.3, -0.25) is 4.79 Å². The lowest BCUT2D eigenvalue weighted by Crippen LogP contribution is -2.31. The average molecular weight is 379 g/mol. The van der Waals surface area contributed by atoms with Crippen molar-refractivity contribution in [1.82, 2.24) is 15.0 Å². The number of rotatable bonds is 8. The lowest BCUT2D eigenvalue weighted by atomic mass is 10.1. The molecular formula is C22H25N3O3. The molecule has 6 heteroatoms. The molecule has 0 unspecified atom stereocenters. The second-order valence-corrected chi connectivity index (χ2v) is 6.85. The number of benzene rings is 2. The number of carbonyl (C=O) groups excluding carboxylic acids is 1. The van der Waals surface area contributed by atoms with Crippen LogP contribution in [0.25, 0.3) is 11.4 Å². The molecule has 28 heavy (non-hydrogen) atoms. The molecule has 0 aliphatic carbocycles. The monoisotopic (exact) mass is 379 g/mol. The molecule has 3 aromatic rings. The Hall–Kier alpha value is -3.15. The molecule has 0 saturated heterocycles. The lowest BCUT2D eigenvalue weighted by molar-refractivity contribution is -0.130. The van der Waals surface area contributed by atoms with Gasteiger partial charge in [0.25, 0.3) is 0 Å². The average Bonchev–Trinajstić information content (AvgIpc) is 3.17. The van der Waals surface area contributed by atoms with Crippen LogP contribution < -0.4 is 4.74 Å². The number of nitrogens with zero attached hydrogens (tertiary/aromatic N) is 3. The number of aryl methyl sites for hydroxylation is 3. The highest BCUT2D eigenvalue weighted by Gasteiger charge is 2.13. The van der Waals surface area contributed by atoms with Crippen molar-refractivity contribution in [2.24, 2.45) is 0 Å². The van der Waals surface area contributed by atoms with Crippen LogP contribution in [0.5, 0.6) is 5.75 Å². The van der Waals surface area contributed by atoms with Crippen molar-refractivity contribution in [3.05, 3.63) is 65.5 Å². The Kier molecular flexibility index (Phi) is 6.42. The molecule has 0 atom stereocenters. The minimum atomic E-state index is 0.0163. The number of aromatic nitrogens is 2. The quantitative estimate of drug-likeness (QED) is 0.595. The fourth-order valence-corrected chi connectivity index (χ4v) is 2.64. The van der Waals surface area contributed by atoms with Crippen LogP contribution in [0.15, 0.2) is 53.1 Å². The molecule has 1 heterocycles. The van der Waals surface area contributed by atoms with Gasteiger partial charge in [0.05, 0.1) is 6.54 Å². The zero-order chi connectivity index (χ0) is 19.9. The molecule has 0 aliphatic heterocycles. The van der Waals surface area contributed by atoms with Crippen LogP contribution in [-0.2, 0) is 11.2 Å².